The van der Waals surface area contributed by atoms with Gasteiger partial charge in [-0.3, -0.25) is 14.9 Å². The molecule has 2 rings (SSSR count). The van der Waals surface area contributed by atoms with Crippen molar-refractivity contribution in [1.82, 2.24) is 0 Å². The molecule has 2 aromatic rings. The van der Waals surface area contributed by atoms with Gasteiger partial charge in [-0.05, 0) is 39.0 Å². The van der Waals surface area contributed by atoms with Crippen LogP contribution in [0.3, 0.4) is 0 Å². The standard InChI is InChI=1S/C17H18N2O6S/c1-9-7-12(5-6-14(9)19(22)23)25-11(3)15(20)18-16-13(17(21)24-4)8-10(2)26-16/h5-8,11H,1-4H3,(H,18,20). The van der Waals surface area contributed by atoms with E-state index in [1.54, 1.807) is 19.9 Å². The zero-order valence-electron chi connectivity index (χ0n) is 14.7. The highest BCUT2D eigenvalue weighted by Crippen LogP contribution is 2.29. The number of carbonyl (C=O) groups is 2. The summed E-state index contributed by atoms with van der Waals surface area (Å²) >= 11 is 1.25. The van der Waals surface area contributed by atoms with Crippen molar-refractivity contribution in [3.05, 3.63) is 50.4 Å². The lowest BCUT2D eigenvalue weighted by Gasteiger charge is -2.15. The number of thiophene rings is 1. The average molecular weight is 378 g/mol. The van der Waals surface area contributed by atoms with Crippen LogP contribution in [-0.2, 0) is 9.53 Å². The predicted molar refractivity (Wildman–Crippen MR) is 96.9 cm³/mol. The Balaban J connectivity index is 2.10. The second kappa shape index (κ2) is 7.96. The summed E-state index contributed by atoms with van der Waals surface area (Å²) in [6.07, 6.45) is -0.872. The maximum absolute atomic E-state index is 12.4. The summed E-state index contributed by atoms with van der Waals surface area (Å²) in [6, 6.07) is 5.89. The van der Waals surface area contributed by atoms with E-state index in [0.717, 1.165) is 4.88 Å². The minimum Gasteiger partial charge on any atom is -0.481 e. The summed E-state index contributed by atoms with van der Waals surface area (Å²) < 4.78 is 10.3. The fourth-order valence-corrected chi connectivity index (χ4v) is 3.15. The van der Waals surface area contributed by atoms with E-state index < -0.39 is 22.9 Å². The highest BCUT2D eigenvalue weighted by Gasteiger charge is 2.21. The van der Waals surface area contributed by atoms with E-state index in [2.05, 4.69) is 5.32 Å². The first-order valence-corrected chi connectivity index (χ1v) is 8.46. The van der Waals surface area contributed by atoms with Crippen LogP contribution in [0.1, 0.15) is 27.7 Å². The molecular formula is C17H18N2O6S. The van der Waals surface area contributed by atoms with Crippen LogP contribution in [0, 0.1) is 24.0 Å². The molecule has 1 aromatic heterocycles. The van der Waals surface area contributed by atoms with Crippen LogP contribution in [0.5, 0.6) is 5.75 Å². The zero-order valence-corrected chi connectivity index (χ0v) is 15.5. The molecule has 8 nitrogen and oxygen atoms in total. The SMILES string of the molecule is COC(=O)c1cc(C)sc1NC(=O)C(C)Oc1ccc([N+](=O)[O-])c(C)c1. The Morgan fingerprint density at radius 1 is 1.27 bits per heavy atom. The van der Waals surface area contributed by atoms with Crippen molar-refractivity contribution in [2.24, 2.45) is 0 Å². The highest BCUT2D eigenvalue weighted by molar-refractivity contribution is 7.16. The Morgan fingerprint density at radius 2 is 1.96 bits per heavy atom. The number of nitrogens with one attached hydrogen (secondary N) is 1. The van der Waals surface area contributed by atoms with Crippen LogP contribution in [0.15, 0.2) is 24.3 Å². The van der Waals surface area contributed by atoms with Gasteiger partial charge in [0.15, 0.2) is 6.10 Å². The first kappa shape index (κ1) is 19.4. The molecule has 26 heavy (non-hydrogen) atoms. The second-order valence-corrected chi connectivity index (χ2v) is 6.80. The second-order valence-electron chi connectivity index (χ2n) is 5.55. The smallest absolute Gasteiger partial charge is 0.340 e. The molecule has 138 valence electrons. The van der Waals surface area contributed by atoms with E-state index in [-0.39, 0.29) is 11.3 Å². The van der Waals surface area contributed by atoms with E-state index in [4.69, 9.17) is 9.47 Å². The highest BCUT2D eigenvalue weighted by atomic mass is 32.1. The van der Waals surface area contributed by atoms with Crippen molar-refractivity contribution >= 4 is 33.9 Å². The van der Waals surface area contributed by atoms with Gasteiger partial charge in [-0.2, -0.15) is 0 Å². The summed E-state index contributed by atoms with van der Waals surface area (Å²) in [5.41, 5.74) is 0.690. The molecule has 0 aliphatic rings. The summed E-state index contributed by atoms with van der Waals surface area (Å²) in [4.78, 5) is 35.3. The van der Waals surface area contributed by atoms with Gasteiger partial charge in [0.1, 0.15) is 10.8 Å². The fourth-order valence-electron chi connectivity index (χ4n) is 2.25. The fraction of sp³-hybridized carbons (Fsp3) is 0.294. The molecule has 1 heterocycles. The topological polar surface area (TPSA) is 108 Å². The van der Waals surface area contributed by atoms with Crippen LogP contribution in [-0.4, -0.2) is 30.0 Å². The zero-order chi connectivity index (χ0) is 19.4. The Labute approximate surface area is 153 Å². The number of aryl methyl sites for hydroxylation is 2. The third kappa shape index (κ3) is 4.37. The summed E-state index contributed by atoms with van der Waals surface area (Å²) in [5, 5.41) is 13.9. The normalized spacial score (nSPS) is 11.5. The molecule has 1 aromatic carbocycles. The molecule has 1 amide bonds. The number of nitro groups is 1. The average Bonchev–Trinajstić information content (AvgIpc) is 2.94. The maximum atomic E-state index is 12.4. The molecule has 1 unspecified atom stereocenters. The Kier molecular flexibility index (Phi) is 5.93. The summed E-state index contributed by atoms with van der Waals surface area (Å²) in [5.74, 6) is -0.650. The minimum absolute atomic E-state index is 0.0220. The Bertz CT molecular complexity index is 861. The van der Waals surface area contributed by atoms with Crippen LogP contribution in [0.4, 0.5) is 10.7 Å². The van der Waals surface area contributed by atoms with E-state index in [1.165, 1.54) is 36.6 Å². The number of amides is 1. The molecule has 0 aliphatic heterocycles. The minimum atomic E-state index is -0.872. The Hall–Kier alpha value is -2.94. The van der Waals surface area contributed by atoms with Crippen molar-refractivity contribution < 1.29 is 24.0 Å². The molecule has 1 N–H and O–H groups in total. The van der Waals surface area contributed by atoms with E-state index in [1.807, 2.05) is 6.92 Å². The van der Waals surface area contributed by atoms with Gasteiger partial charge < -0.3 is 14.8 Å². The third-order valence-corrected chi connectivity index (χ3v) is 4.51. The lowest BCUT2D eigenvalue weighted by Crippen LogP contribution is -2.30. The van der Waals surface area contributed by atoms with Gasteiger partial charge in [0.25, 0.3) is 11.6 Å². The summed E-state index contributed by atoms with van der Waals surface area (Å²) in [6.45, 7) is 4.95. The van der Waals surface area contributed by atoms with Gasteiger partial charge in [-0.25, -0.2) is 4.79 Å². The third-order valence-electron chi connectivity index (χ3n) is 3.54. The number of ether oxygens (including phenoxy) is 2. The van der Waals surface area contributed by atoms with Gasteiger partial charge in [-0.1, -0.05) is 0 Å². The molecule has 0 aliphatic carbocycles. The van der Waals surface area contributed by atoms with Gasteiger partial charge in [0, 0.05) is 16.5 Å². The number of nitro benzene ring substituents is 1. The monoisotopic (exact) mass is 378 g/mol. The van der Waals surface area contributed by atoms with Crippen LogP contribution in [0.2, 0.25) is 0 Å². The van der Waals surface area contributed by atoms with Gasteiger partial charge in [0.2, 0.25) is 0 Å². The van der Waals surface area contributed by atoms with Crippen molar-refractivity contribution in [1.29, 1.82) is 0 Å². The van der Waals surface area contributed by atoms with Gasteiger partial charge in [-0.15, -0.1) is 11.3 Å². The maximum Gasteiger partial charge on any atom is 0.340 e. The molecule has 0 radical (unpaired) electrons. The number of hydrogen-bond acceptors (Lipinski definition) is 7. The number of benzene rings is 1. The van der Waals surface area contributed by atoms with E-state index in [0.29, 0.717) is 16.3 Å². The molecule has 0 spiro atoms. The number of anilines is 1. The largest absolute Gasteiger partial charge is 0.481 e. The number of rotatable bonds is 6. The lowest BCUT2D eigenvalue weighted by molar-refractivity contribution is -0.385. The van der Waals surface area contributed by atoms with Gasteiger partial charge in [0.05, 0.1) is 17.6 Å². The van der Waals surface area contributed by atoms with Crippen molar-refractivity contribution in [2.45, 2.75) is 26.9 Å². The van der Waals surface area contributed by atoms with Crippen molar-refractivity contribution in [2.75, 3.05) is 12.4 Å². The number of carbonyl (C=O) groups excluding carboxylic acids is 2. The lowest BCUT2D eigenvalue weighted by atomic mass is 10.2. The first-order chi connectivity index (χ1) is 12.2. The number of hydrogen-bond donors (Lipinski definition) is 1. The van der Waals surface area contributed by atoms with Crippen molar-refractivity contribution in [3.63, 3.8) is 0 Å². The number of nitrogens with zero attached hydrogens (tertiary/aromatic N) is 1. The number of esters is 1. The number of methoxy groups -OCH3 is 1. The summed E-state index contributed by atoms with van der Waals surface area (Å²) in [7, 11) is 1.27. The molecule has 0 bridgehead atoms. The van der Waals surface area contributed by atoms with Crippen molar-refractivity contribution in [3.8, 4) is 5.75 Å². The molecule has 0 fully saturated rings. The van der Waals surface area contributed by atoms with Gasteiger partial charge >= 0.3 is 5.97 Å². The molecule has 0 saturated heterocycles. The molecule has 1 atom stereocenters. The van der Waals surface area contributed by atoms with E-state index in [9.17, 15) is 19.7 Å². The van der Waals surface area contributed by atoms with Crippen LogP contribution >= 0.6 is 11.3 Å². The van der Waals surface area contributed by atoms with Crippen LogP contribution in [0.25, 0.3) is 0 Å². The quantitative estimate of drug-likeness (QED) is 0.468. The molecule has 9 heteroatoms. The van der Waals surface area contributed by atoms with Crippen LogP contribution < -0.4 is 10.1 Å². The molecular weight excluding hydrogens is 360 g/mol. The van der Waals surface area contributed by atoms with E-state index >= 15 is 0 Å². The molecule has 0 saturated carbocycles. The Morgan fingerprint density at radius 3 is 2.54 bits per heavy atom. The first-order valence-electron chi connectivity index (χ1n) is 7.64. The predicted octanol–water partition coefficient (Wildman–Crippen LogP) is 3.47.